The van der Waals surface area contributed by atoms with E-state index in [1.54, 1.807) is 14.2 Å². The number of carbonyl (C=O) groups excluding carboxylic acids is 1. The molecule has 0 radical (unpaired) electrons. The molecule has 27 heavy (non-hydrogen) atoms. The average molecular weight is 374 g/mol. The van der Waals surface area contributed by atoms with Gasteiger partial charge in [0, 0.05) is 44.6 Å². The summed E-state index contributed by atoms with van der Waals surface area (Å²) in [6.07, 6.45) is 3.03. The topological polar surface area (TPSA) is 93.5 Å². The van der Waals surface area contributed by atoms with Crippen LogP contribution in [0.2, 0.25) is 0 Å². The lowest BCUT2D eigenvalue weighted by molar-refractivity contribution is -0.138. The van der Waals surface area contributed by atoms with Crippen LogP contribution in [0.1, 0.15) is 32.0 Å². The lowest BCUT2D eigenvalue weighted by Crippen LogP contribution is -2.46. The Balaban J connectivity index is 1.62. The van der Waals surface area contributed by atoms with Gasteiger partial charge in [0.15, 0.2) is 0 Å². The van der Waals surface area contributed by atoms with Crippen LogP contribution in [0.25, 0.3) is 11.0 Å². The molecule has 1 aliphatic rings. The molecule has 1 aliphatic carbocycles. The Bertz CT molecular complexity index is 776. The lowest BCUT2D eigenvalue weighted by Gasteiger charge is -2.35. The smallest absolute Gasteiger partial charge is 0.225 e. The summed E-state index contributed by atoms with van der Waals surface area (Å²) < 4.78 is 10.7. The van der Waals surface area contributed by atoms with Gasteiger partial charge in [-0.05, 0) is 38.3 Å². The SMILES string of the molecule is CCN(CCc1nc2ccc(OC)cc2[nH]1)C(=O)[C@H]1CC[C@H](N)[C@@H](OC)C1. The molecular weight excluding hydrogens is 344 g/mol. The van der Waals surface area contributed by atoms with Gasteiger partial charge in [0.25, 0.3) is 0 Å². The monoisotopic (exact) mass is 374 g/mol. The molecule has 1 fully saturated rings. The van der Waals surface area contributed by atoms with Crippen molar-refractivity contribution in [2.75, 3.05) is 27.3 Å². The van der Waals surface area contributed by atoms with E-state index in [0.717, 1.165) is 35.4 Å². The Kier molecular flexibility index (Phi) is 6.34. The first kappa shape index (κ1) is 19.6. The minimum atomic E-state index is -0.0308. The van der Waals surface area contributed by atoms with E-state index in [-0.39, 0.29) is 24.0 Å². The van der Waals surface area contributed by atoms with Gasteiger partial charge in [0.05, 0.1) is 24.2 Å². The van der Waals surface area contributed by atoms with Gasteiger partial charge in [-0.1, -0.05) is 0 Å². The minimum Gasteiger partial charge on any atom is -0.497 e. The zero-order chi connectivity index (χ0) is 19.4. The molecule has 3 atom stereocenters. The quantitative estimate of drug-likeness (QED) is 0.774. The van der Waals surface area contributed by atoms with Gasteiger partial charge in [-0.3, -0.25) is 4.79 Å². The van der Waals surface area contributed by atoms with Crippen molar-refractivity contribution in [3.05, 3.63) is 24.0 Å². The molecule has 0 bridgehead atoms. The third-order valence-corrected chi connectivity index (χ3v) is 5.54. The Morgan fingerprint density at radius 3 is 2.89 bits per heavy atom. The number of nitrogens with one attached hydrogen (secondary N) is 1. The van der Waals surface area contributed by atoms with Crippen LogP contribution < -0.4 is 10.5 Å². The van der Waals surface area contributed by atoms with Crippen molar-refractivity contribution in [1.82, 2.24) is 14.9 Å². The second-order valence-electron chi connectivity index (χ2n) is 7.18. The third kappa shape index (κ3) is 4.42. The van der Waals surface area contributed by atoms with Gasteiger partial charge in [0.2, 0.25) is 5.91 Å². The maximum Gasteiger partial charge on any atom is 0.225 e. The summed E-state index contributed by atoms with van der Waals surface area (Å²) in [6, 6.07) is 5.80. The fraction of sp³-hybridized carbons (Fsp3) is 0.600. The van der Waals surface area contributed by atoms with Crippen LogP contribution in [0, 0.1) is 5.92 Å². The predicted octanol–water partition coefficient (Wildman–Crippen LogP) is 2.10. The molecule has 3 N–H and O–H groups in total. The number of ether oxygens (including phenoxy) is 2. The fourth-order valence-corrected chi connectivity index (χ4v) is 3.86. The van der Waals surface area contributed by atoms with E-state index in [0.29, 0.717) is 25.9 Å². The summed E-state index contributed by atoms with van der Waals surface area (Å²) in [5.41, 5.74) is 7.94. The summed E-state index contributed by atoms with van der Waals surface area (Å²) in [5.74, 6) is 1.87. The second kappa shape index (κ2) is 8.71. The van der Waals surface area contributed by atoms with Crippen molar-refractivity contribution in [3.63, 3.8) is 0 Å². The molecule has 0 aliphatic heterocycles. The number of nitrogens with two attached hydrogens (primary N) is 1. The number of likely N-dealkylation sites (N-methyl/N-ethyl adjacent to an activating group) is 1. The molecule has 0 spiro atoms. The molecular formula is C20H30N4O3. The number of rotatable bonds is 7. The summed E-state index contributed by atoms with van der Waals surface area (Å²) in [7, 11) is 3.32. The summed E-state index contributed by atoms with van der Waals surface area (Å²) >= 11 is 0. The highest BCUT2D eigenvalue weighted by atomic mass is 16.5. The maximum absolute atomic E-state index is 13.0. The molecule has 2 aromatic rings. The number of fused-ring (bicyclic) bond motifs is 1. The highest BCUT2D eigenvalue weighted by Crippen LogP contribution is 2.27. The zero-order valence-corrected chi connectivity index (χ0v) is 16.4. The molecule has 0 saturated heterocycles. The Morgan fingerprint density at radius 1 is 1.37 bits per heavy atom. The van der Waals surface area contributed by atoms with Crippen molar-refractivity contribution < 1.29 is 14.3 Å². The average Bonchev–Trinajstić information content (AvgIpc) is 3.10. The highest BCUT2D eigenvalue weighted by molar-refractivity contribution is 5.79. The van der Waals surface area contributed by atoms with Crippen LogP contribution in [-0.2, 0) is 16.0 Å². The van der Waals surface area contributed by atoms with Crippen LogP contribution in [-0.4, -0.2) is 60.2 Å². The molecule has 0 unspecified atom stereocenters. The van der Waals surface area contributed by atoms with Gasteiger partial charge in [-0.15, -0.1) is 0 Å². The number of H-pyrrole nitrogens is 1. The fourth-order valence-electron chi connectivity index (χ4n) is 3.86. The Labute approximate surface area is 160 Å². The van der Waals surface area contributed by atoms with Crippen molar-refractivity contribution in [1.29, 1.82) is 0 Å². The molecule has 7 heteroatoms. The predicted molar refractivity (Wildman–Crippen MR) is 105 cm³/mol. The highest BCUT2D eigenvalue weighted by Gasteiger charge is 2.33. The van der Waals surface area contributed by atoms with Crippen molar-refractivity contribution in [2.24, 2.45) is 11.7 Å². The van der Waals surface area contributed by atoms with Gasteiger partial charge in [-0.2, -0.15) is 0 Å². The first-order chi connectivity index (χ1) is 13.0. The number of methoxy groups -OCH3 is 2. The van der Waals surface area contributed by atoms with Gasteiger partial charge in [-0.25, -0.2) is 4.98 Å². The molecule has 7 nitrogen and oxygen atoms in total. The third-order valence-electron chi connectivity index (χ3n) is 5.54. The standard InChI is InChI=1S/C20H30N4O3/c1-4-24(20(25)13-5-7-15(21)18(11-13)27-3)10-9-19-22-16-8-6-14(26-2)12-17(16)23-19/h6,8,12-13,15,18H,4-5,7,9-11,21H2,1-3H3,(H,22,23)/t13-,15-,18-/m0/s1. The lowest BCUT2D eigenvalue weighted by atomic mass is 9.83. The molecule has 1 amide bonds. The number of carbonyl (C=O) groups is 1. The van der Waals surface area contributed by atoms with Crippen molar-refractivity contribution in [3.8, 4) is 5.75 Å². The van der Waals surface area contributed by atoms with E-state index in [9.17, 15) is 4.79 Å². The van der Waals surface area contributed by atoms with Gasteiger partial charge < -0.3 is 25.1 Å². The number of benzene rings is 1. The zero-order valence-electron chi connectivity index (χ0n) is 16.4. The number of hydrogen-bond donors (Lipinski definition) is 2. The molecule has 3 rings (SSSR count). The van der Waals surface area contributed by atoms with Crippen LogP contribution >= 0.6 is 0 Å². The molecule has 1 heterocycles. The number of imidazole rings is 1. The molecule has 1 aromatic heterocycles. The number of hydrogen-bond acceptors (Lipinski definition) is 5. The second-order valence-corrected chi connectivity index (χ2v) is 7.18. The van der Waals surface area contributed by atoms with Gasteiger partial charge in [0.1, 0.15) is 11.6 Å². The first-order valence-electron chi connectivity index (χ1n) is 9.65. The summed E-state index contributed by atoms with van der Waals surface area (Å²) in [6.45, 7) is 3.35. The van der Waals surface area contributed by atoms with E-state index in [1.165, 1.54) is 0 Å². The minimum absolute atomic E-state index is 0.00497. The summed E-state index contributed by atoms with van der Waals surface area (Å²) in [5, 5.41) is 0. The van der Waals surface area contributed by atoms with Crippen molar-refractivity contribution in [2.45, 2.75) is 44.8 Å². The van der Waals surface area contributed by atoms with Crippen LogP contribution in [0.4, 0.5) is 0 Å². The van der Waals surface area contributed by atoms with E-state index < -0.39 is 0 Å². The van der Waals surface area contributed by atoms with Crippen molar-refractivity contribution >= 4 is 16.9 Å². The largest absolute Gasteiger partial charge is 0.497 e. The van der Waals surface area contributed by atoms with E-state index in [1.807, 2.05) is 30.0 Å². The maximum atomic E-state index is 13.0. The Morgan fingerprint density at radius 2 is 2.19 bits per heavy atom. The normalized spacial score (nSPS) is 22.7. The molecule has 148 valence electrons. The number of nitrogens with zero attached hydrogens (tertiary/aromatic N) is 2. The number of aromatic amines is 1. The number of amides is 1. The van der Waals surface area contributed by atoms with Gasteiger partial charge >= 0.3 is 0 Å². The van der Waals surface area contributed by atoms with Crippen LogP contribution in [0.15, 0.2) is 18.2 Å². The Hall–Kier alpha value is -2.12. The van der Waals surface area contributed by atoms with Crippen LogP contribution in [0.3, 0.4) is 0 Å². The summed E-state index contributed by atoms with van der Waals surface area (Å²) in [4.78, 5) is 22.8. The molecule has 1 aromatic carbocycles. The molecule has 1 saturated carbocycles. The van der Waals surface area contributed by atoms with Crippen LogP contribution in [0.5, 0.6) is 5.75 Å². The first-order valence-corrected chi connectivity index (χ1v) is 9.65. The van der Waals surface area contributed by atoms with E-state index in [4.69, 9.17) is 15.2 Å². The number of aromatic nitrogens is 2. The van der Waals surface area contributed by atoms with E-state index in [2.05, 4.69) is 9.97 Å². The van der Waals surface area contributed by atoms with E-state index >= 15 is 0 Å².